The second-order valence-electron chi connectivity index (χ2n) is 7.71. The van der Waals surface area contributed by atoms with E-state index in [1.165, 1.54) is 0 Å². The molecule has 25 heavy (non-hydrogen) atoms. The number of ether oxygens (including phenoxy) is 1. The van der Waals surface area contributed by atoms with Gasteiger partial charge in [0.05, 0.1) is 12.2 Å². The minimum absolute atomic E-state index is 0.169. The average molecular weight is 345 g/mol. The Labute approximate surface area is 151 Å². The van der Waals surface area contributed by atoms with E-state index >= 15 is 0 Å². The molecule has 2 aliphatic heterocycles. The van der Waals surface area contributed by atoms with E-state index in [2.05, 4.69) is 23.6 Å². The molecular weight excluding hydrogens is 314 g/mol. The molecule has 1 aromatic carbocycles. The van der Waals surface area contributed by atoms with Gasteiger partial charge in [-0.1, -0.05) is 0 Å². The highest BCUT2D eigenvalue weighted by Gasteiger charge is 2.32. The van der Waals surface area contributed by atoms with Crippen molar-refractivity contribution in [2.45, 2.75) is 44.9 Å². The third-order valence-electron chi connectivity index (χ3n) is 5.23. The molecule has 0 saturated carbocycles. The monoisotopic (exact) mass is 345 g/mol. The van der Waals surface area contributed by atoms with Gasteiger partial charge in [-0.2, -0.15) is 0 Å². The van der Waals surface area contributed by atoms with Crippen LogP contribution in [0.5, 0.6) is 0 Å². The predicted molar refractivity (Wildman–Crippen MR) is 101 cm³/mol. The lowest BCUT2D eigenvalue weighted by Crippen LogP contribution is -2.50. The predicted octanol–water partition coefficient (Wildman–Crippen LogP) is 2.47. The van der Waals surface area contributed by atoms with Crippen LogP contribution in [0.3, 0.4) is 0 Å². The molecule has 2 saturated heterocycles. The average Bonchev–Trinajstić information content (AvgIpc) is 3.01. The van der Waals surface area contributed by atoms with Crippen LogP contribution in [0, 0.1) is 0 Å². The minimum atomic E-state index is 0.169. The highest BCUT2D eigenvalue weighted by Crippen LogP contribution is 2.23. The number of morpholine rings is 1. The summed E-state index contributed by atoms with van der Waals surface area (Å²) in [6.45, 7) is 8.01. The number of amides is 1. The van der Waals surface area contributed by atoms with Gasteiger partial charge in [-0.05, 0) is 51.0 Å². The van der Waals surface area contributed by atoms with E-state index in [0.717, 1.165) is 50.3 Å². The van der Waals surface area contributed by atoms with Gasteiger partial charge in [0.25, 0.3) is 5.91 Å². The van der Waals surface area contributed by atoms with Crippen LogP contribution in [-0.4, -0.2) is 74.2 Å². The zero-order valence-electron chi connectivity index (χ0n) is 15.9. The van der Waals surface area contributed by atoms with Crippen LogP contribution in [-0.2, 0) is 4.74 Å². The van der Waals surface area contributed by atoms with E-state index in [4.69, 9.17) is 4.74 Å². The summed E-state index contributed by atoms with van der Waals surface area (Å²) in [6, 6.07) is 8.25. The number of anilines is 1. The number of hydrogen-bond donors (Lipinski definition) is 0. The van der Waals surface area contributed by atoms with Gasteiger partial charge in [0.2, 0.25) is 0 Å². The smallest absolute Gasteiger partial charge is 0.254 e. The number of rotatable bonds is 4. The molecule has 0 radical (unpaired) electrons. The van der Waals surface area contributed by atoms with E-state index < -0.39 is 0 Å². The van der Waals surface area contributed by atoms with Crippen molar-refractivity contribution >= 4 is 11.6 Å². The maximum absolute atomic E-state index is 13.0. The molecule has 0 aromatic heterocycles. The lowest BCUT2D eigenvalue weighted by Gasteiger charge is -2.38. The number of carbonyl (C=O) groups is 1. The van der Waals surface area contributed by atoms with Crippen molar-refractivity contribution < 1.29 is 9.53 Å². The Morgan fingerprint density at radius 1 is 1.16 bits per heavy atom. The van der Waals surface area contributed by atoms with Crippen molar-refractivity contribution in [3.63, 3.8) is 0 Å². The molecule has 0 aliphatic carbocycles. The summed E-state index contributed by atoms with van der Waals surface area (Å²) in [6.07, 6.45) is 2.74. The van der Waals surface area contributed by atoms with Crippen molar-refractivity contribution in [3.05, 3.63) is 29.8 Å². The van der Waals surface area contributed by atoms with E-state index in [1.807, 2.05) is 43.3 Å². The Morgan fingerprint density at radius 3 is 2.40 bits per heavy atom. The fourth-order valence-electron chi connectivity index (χ4n) is 4.09. The highest BCUT2D eigenvalue weighted by molar-refractivity contribution is 5.95. The van der Waals surface area contributed by atoms with Crippen molar-refractivity contribution in [1.29, 1.82) is 0 Å². The number of hydrogen-bond acceptors (Lipinski definition) is 4. The van der Waals surface area contributed by atoms with Gasteiger partial charge in [-0.25, -0.2) is 0 Å². The molecular formula is C20H31N3O2. The highest BCUT2D eigenvalue weighted by atomic mass is 16.5. The second-order valence-corrected chi connectivity index (χ2v) is 7.71. The third-order valence-corrected chi connectivity index (χ3v) is 5.23. The number of benzene rings is 1. The molecule has 5 heteroatoms. The molecule has 2 heterocycles. The maximum Gasteiger partial charge on any atom is 0.254 e. The molecule has 2 fully saturated rings. The normalized spacial score (nSPS) is 27.5. The SMILES string of the molecule is C[C@@H]1CN(C[C@@H]2CCCN2C(=O)c2ccc(N(C)C)cc2)C[C@H](C)O1. The number of nitrogens with zero attached hydrogens (tertiary/aromatic N) is 3. The molecule has 1 aromatic rings. The molecule has 0 N–H and O–H groups in total. The number of carbonyl (C=O) groups excluding carboxylic acids is 1. The Balaban J connectivity index is 1.65. The van der Waals surface area contributed by atoms with E-state index in [0.29, 0.717) is 6.04 Å². The van der Waals surface area contributed by atoms with Gasteiger partial charge >= 0.3 is 0 Å². The van der Waals surface area contributed by atoms with Gasteiger partial charge in [0, 0.05) is 57.6 Å². The maximum atomic E-state index is 13.0. The molecule has 0 bridgehead atoms. The summed E-state index contributed by atoms with van der Waals surface area (Å²) in [7, 11) is 4.02. The summed E-state index contributed by atoms with van der Waals surface area (Å²) in [5.74, 6) is 0.169. The first kappa shape index (κ1) is 18.2. The molecule has 5 nitrogen and oxygen atoms in total. The zero-order chi connectivity index (χ0) is 18.0. The van der Waals surface area contributed by atoms with Gasteiger partial charge in [-0.3, -0.25) is 9.69 Å². The van der Waals surface area contributed by atoms with Crippen molar-refractivity contribution in [1.82, 2.24) is 9.80 Å². The second kappa shape index (κ2) is 7.75. The van der Waals surface area contributed by atoms with Crippen molar-refractivity contribution in [3.8, 4) is 0 Å². The Hall–Kier alpha value is -1.59. The Kier molecular flexibility index (Phi) is 5.64. The third kappa shape index (κ3) is 4.33. The molecule has 3 rings (SSSR count). The van der Waals surface area contributed by atoms with Crippen molar-refractivity contribution in [2.24, 2.45) is 0 Å². The minimum Gasteiger partial charge on any atom is -0.378 e. The topological polar surface area (TPSA) is 36.0 Å². The van der Waals surface area contributed by atoms with Gasteiger partial charge in [-0.15, -0.1) is 0 Å². The fraction of sp³-hybridized carbons (Fsp3) is 0.650. The van der Waals surface area contributed by atoms with Crippen LogP contribution < -0.4 is 4.90 Å². The van der Waals surface area contributed by atoms with Crippen molar-refractivity contribution in [2.75, 3.05) is 45.2 Å². The van der Waals surface area contributed by atoms with Crippen LogP contribution in [0.15, 0.2) is 24.3 Å². The summed E-state index contributed by atoms with van der Waals surface area (Å²) in [4.78, 5) is 19.6. The standard InChI is InChI=1S/C20H31N3O2/c1-15-12-22(13-16(2)25-15)14-19-6-5-11-23(19)20(24)17-7-9-18(10-8-17)21(3)4/h7-10,15-16,19H,5-6,11-14H2,1-4H3/t15-,16+,19-/m0/s1. The van der Waals surface area contributed by atoms with Gasteiger partial charge < -0.3 is 14.5 Å². The van der Waals surface area contributed by atoms with E-state index in [-0.39, 0.29) is 18.1 Å². The van der Waals surface area contributed by atoms with E-state index in [1.54, 1.807) is 0 Å². The lowest BCUT2D eigenvalue weighted by molar-refractivity contribution is -0.0715. The first-order chi connectivity index (χ1) is 11.9. The largest absolute Gasteiger partial charge is 0.378 e. The van der Waals surface area contributed by atoms with Gasteiger partial charge in [0.15, 0.2) is 0 Å². The Bertz CT molecular complexity index is 577. The summed E-state index contributed by atoms with van der Waals surface area (Å²) >= 11 is 0. The van der Waals surface area contributed by atoms with Crippen LogP contribution in [0.2, 0.25) is 0 Å². The quantitative estimate of drug-likeness (QED) is 0.840. The molecule has 2 aliphatic rings. The molecule has 3 atom stereocenters. The molecule has 138 valence electrons. The number of likely N-dealkylation sites (tertiary alicyclic amines) is 1. The molecule has 0 unspecified atom stereocenters. The van der Waals surface area contributed by atoms with Crippen LogP contribution in [0.4, 0.5) is 5.69 Å². The first-order valence-corrected chi connectivity index (χ1v) is 9.40. The Morgan fingerprint density at radius 2 is 1.80 bits per heavy atom. The van der Waals surface area contributed by atoms with Crippen LogP contribution >= 0.6 is 0 Å². The summed E-state index contributed by atoms with van der Waals surface area (Å²) < 4.78 is 5.83. The molecule has 0 spiro atoms. The van der Waals surface area contributed by atoms with Gasteiger partial charge in [0.1, 0.15) is 0 Å². The molecule has 1 amide bonds. The van der Waals surface area contributed by atoms with E-state index in [9.17, 15) is 4.79 Å². The lowest BCUT2D eigenvalue weighted by atomic mass is 10.1. The van der Waals surface area contributed by atoms with Crippen LogP contribution in [0.25, 0.3) is 0 Å². The summed E-state index contributed by atoms with van der Waals surface area (Å²) in [5, 5.41) is 0. The first-order valence-electron chi connectivity index (χ1n) is 9.40. The summed E-state index contributed by atoms with van der Waals surface area (Å²) in [5.41, 5.74) is 1.91. The fourth-order valence-corrected chi connectivity index (χ4v) is 4.09. The zero-order valence-corrected chi connectivity index (χ0v) is 15.9. The van der Waals surface area contributed by atoms with Crippen LogP contribution in [0.1, 0.15) is 37.0 Å².